The van der Waals surface area contributed by atoms with Gasteiger partial charge in [0.25, 0.3) is 5.91 Å². The lowest BCUT2D eigenvalue weighted by molar-refractivity contribution is 0.0946. The van der Waals surface area contributed by atoms with Crippen LogP contribution in [0.4, 0.5) is 11.5 Å². The van der Waals surface area contributed by atoms with Gasteiger partial charge in [-0.1, -0.05) is 19.9 Å². The molecule has 2 N–H and O–H groups in total. The summed E-state index contributed by atoms with van der Waals surface area (Å²) in [5, 5.41) is 14.1. The van der Waals surface area contributed by atoms with Crippen LogP contribution in [0.5, 0.6) is 0 Å². The van der Waals surface area contributed by atoms with Crippen molar-refractivity contribution in [3.8, 4) is 0 Å². The van der Waals surface area contributed by atoms with E-state index in [1.807, 2.05) is 6.07 Å². The zero-order chi connectivity index (χ0) is 16.8. The number of rotatable bonds is 6. The minimum Gasteiger partial charge on any atom is -0.351 e. The lowest BCUT2D eigenvalue weighted by Gasteiger charge is -2.09. The fourth-order valence-corrected chi connectivity index (χ4v) is 2.05. The molecule has 0 aliphatic rings. The van der Waals surface area contributed by atoms with Crippen molar-refractivity contribution in [2.24, 2.45) is 5.92 Å². The number of carbonyl (C=O) groups is 1. The fraction of sp³-hybridized carbons (Fsp3) is 0.389. The highest BCUT2D eigenvalue weighted by atomic mass is 16.1. The molecule has 0 fully saturated rings. The molecule has 23 heavy (non-hydrogen) atoms. The summed E-state index contributed by atoms with van der Waals surface area (Å²) in [5.41, 5.74) is 3.75. The molecule has 0 unspecified atom stereocenters. The molecule has 1 aromatic carbocycles. The molecule has 0 aliphatic heterocycles. The van der Waals surface area contributed by atoms with E-state index in [1.54, 1.807) is 12.1 Å². The summed E-state index contributed by atoms with van der Waals surface area (Å²) in [6.45, 7) is 9.04. The Balaban J connectivity index is 1.96. The summed E-state index contributed by atoms with van der Waals surface area (Å²) in [4.78, 5) is 11.9. The number of nitrogens with zero attached hydrogens (tertiary/aromatic N) is 2. The normalized spacial score (nSPS) is 10.7. The van der Waals surface area contributed by atoms with Gasteiger partial charge < -0.3 is 10.6 Å². The summed E-state index contributed by atoms with van der Waals surface area (Å²) < 4.78 is 0. The van der Waals surface area contributed by atoms with Crippen LogP contribution < -0.4 is 10.6 Å². The van der Waals surface area contributed by atoms with Crippen molar-refractivity contribution in [3.05, 3.63) is 47.2 Å². The molecule has 1 aromatic heterocycles. The lowest BCUT2D eigenvalue weighted by atomic mass is 10.1. The van der Waals surface area contributed by atoms with Gasteiger partial charge in [-0.3, -0.25) is 4.79 Å². The van der Waals surface area contributed by atoms with Crippen LogP contribution in [0.2, 0.25) is 0 Å². The highest BCUT2D eigenvalue weighted by Crippen LogP contribution is 2.17. The van der Waals surface area contributed by atoms with Gasteiger partial charge in [0, 0.05) is 12.2 Å². The predicted octanol–water partition coefficient (Wildman–Crippen LogP) is 3.61. The third-order valence-corrected chi connectivity index (χ3v) is 3.68. The highest BCUT2D eigenvalue weighted by Gasteiger charge is 2.08. The zero-order valence-corrected chi connectivity index (χ0v) is 14.2. The topological polar surface area (TPSA) is 66.9 Å². The second kappa shape index (κ2) is 7.72. The number of aromatic nitrogens is 2. The standard InChI is InChI=1S/C18H24N4O/c1-12(2)9-10-19-18(23)16-7-8-17(22-21-16)20-15-6-5-13(3)14(4)11-15/h5-8,11-12H,9-10H2,1-4H3,(H,19,23)(H,20,22). The maximum Gasteiger partial charge on any atom is 0.271 e. The summed E-state index contributed by atoms with van der Waals surface area (Å²) in [6.07, 6.45) is 0.950. The Bertz CT molecular complexity index is 665. The molecule has 1 amide bonds. The largest absolute Gasteiger partial charge is 0.351 e. The SMILES string of the molecule is Cc1ccc(Nc2ccc(C(=O)NCCC(C)C)nn2)cc1C. The zero-order valence-electron chi connectivity index (χ0n) is 14.2. The molecule has 0 radical (unpaired) electrons. The van der Waals surface area contributed by atoms with E-state index in [0.717, 1.165) is 12.1 Å². The van der Waals surface area contributed by atoms with Gasteiger partial charge in [0.1, 0.15) is 0 Å². The predicted molar refractivity (Wildman–Crippen MR) is 93.0 cm³/mol. The van der Waals surface area contributed by atoms with Gasteiger partial charge in [-0.25, -0.2) is 0 Å². The number of hydrogen-bond acceptors (Lipinski definition) is 4. The van der Waals surface area contributed by atoms with Crippen molar-refractivity contribution in [1.82, 2.24) is 15.5 Å². The van der Waals surface area contributed by atoms with Crippen molar-refractivity contribution in [2.45, 2.75) is 34.1 Å². The van der Waals surface area contributed by atoms with Gasteiger partial charge in [-0.05, 0) is 61.6 Å². The third kappa shape index (κ3) is 5.06. The summed E-state index contributed by atoms with van der Waals surface area (Å²) in [5.74, 6) is 0.994. The summed E-state index contributed by atoms with van der Waals surface area (Å²) in [6, 6.07) is 9.56. The van der Waals surface area contributed by atoms with E-state index < -0.39 is 0 Å². The first-order valence-corrected chi connectivity index (χ1v) is 7.92. The van der Waals surface area contributed by atoms with E-state index in [-0.39, 0.29) is 5.91 Å². The molecule has 0 saturated heterocycles. The second-order valence-corrected chi connectivity index (χ2v) is 6.17. The molecule has 122 valence electrons. The van der Waals surface area contributed by atoms with Gasteiger partial charge in [0.15, 0.2) is 11.5 Å². The number of aryl methyl sites for hydroxylation is 2. The third-order valence-electron chi connectivity index (χ3n) is 3.68. The van der Waals surface area contributed by atoms with Gasteiger partial charge in [-0.15, -0.1) is 10.2 Å². The molecule has 2 rings (SSSR count). The van der Waals surface area contributed by atoms with E-state index in [0.29, 0.717) is 24.0 Å². The second-order valence-electron chi connectivity index (χ2n) is 6.17. The van der Waals surface area contributed by atoms with Crippen molar-refractivity contribution in [2.75, 3.05) is 11.9 Å². The van der Waals surface area contributed by atoms with E-state index in [2.05, 4.69) is 60.7 Å². The molecule has 0 bridgehead atoms. The van der Waals surface area contributed by atoms with Gasteiger partial charge >= 0.3 is 0 Å². The molecule has 5 nitrogen and oxygen atoms in total. The van der Waals surface area contributed by atoms with Crippen LogP contribution in [0.1, 0.15) is 41.9 Å². The van der Waals surface area contributed by atoms with Crippen LogP contribution in [-0.4, -0.2) is 22.6 Å². The molecule has 0 aliphatic carbocycles. The summed E-state index contributed by atoms with van der Waals surface area (Å²) in [7, 11) is 0. The van der Waals surface area contributed by atoms with Crippen molar-refractivity contribution in [3.63, 3.8) is 0 Å². The first-order valence-electron chi connectivity index (χ1n) is 7.92. The molecule has 0 spiro atoms. The molecular formula is C18H24N4O. The molecule has 0 saturated carbocycles. The monoisotopic (exact) mass is 312 g/mol. The quantitative estimate of drug-likeness (QED) is 0.855. The van der Waals surface area contributed by atoms with Crippen LogP contribution in [0.25, 0.3) is 0 Å². The fourth-order valence-electron chi connectivity index (χ4n) is 2.05. The van der Waals surface area contributed by atoms with E-state index in [1.165, 1.54) is 11.1 Å². The number of anilines is 2. The van der Waals surface area contributed by atoms with Crippen molar-refractivity contribution in [1.29, 1.82) is 0 Å². The van der Waals surface area contributed by atoms with Gasteiger partial charge in [0.2, 0.25) is 0 Å². The minimum absolute atomic E-state index is 0.184. The molecular weight excluding hydrogens is 288 g/mol. The average Bonchev–Trinajstić information content (AvgIpc) is 2.51. The van der Waals surface area contributed by atoms with Gasteiger partial charge in [0.05, 0.1) is 0 Å². The van der Waals surface area contributed by atoms with Crippen LogP contribution in [0, 0.1) is 19.8 Å². The van der Waals surface area contributed by atoms with E-state index in [9.17, 15) is 4.79 Å². The number of hydrogen-bond donors (Lipinski definition) is 2. The smallest absolute Gasteiger partial charge is 0.271 e. The Morgan fingerprint density at radius 3 is 2.48 bits per heavy atom. The van der Waals surface area contributed by atoms with Crippen molar-refractivity contribution < 1.29 is 4.79 Å². The first kappa shape index (κ1) is 16.9. The molecule has 1 heterocycles. The van der Waals surface area contributed by atoms with E-state index in [4.69, 9.17) is 0 Å². The lowest BCUT2D eigenvalue weighted by Crippen LogP contribution is -2.26. The van der Waals surface area contributed by atoms with Crippen LogP contribution in [0.3, 0.4) is 0 Å². The maximum absolute atomic E-state index is 11.9. The highest BCUT2D eigenvalue weighted by molar-refractivity contribution is 5.92. The summed E-state index contributed by atoms with van der Waals surface area (Å²) >= 11 is 0. The Morgan fingerprint density at radius 2 is 1.87 bits per heavy atom. The molecule has 0 atom stereocenters. The maximum atomic E-state index is 11.9. The van der Waals surface area contributed by atoms with E-state index >= 15 is 0 Å². The van der Waals surface area contributed by atoms with Crippen molar-refractivity contribution >= 4 is 17.4 Å². The van der Waals surface area contributed by atoms with Crippen LogP contribution in [0.15, 0.2) is 30.3 Å². The Hall–Kier alpha value is -2.43. The average molecular weight is 312 g/mol. The molecule has 2 aromatic rings. The molecule has 5 heteroatoms. The number of carbonyl (C=O) groups excluding carboxylic acids is 1. The van der Waals surface area contributed by atoms with Gasteiger partial charge in [-0.2, -0.15) is 0 Å². The first-order chi connectivity index (χ1) is 11.0. The number of nitrogens with one attached hydrogen (secondary N) is 2. The van der Waals surface area contributed by atoms with Crippen LogP contribution >= 0.6 is 0 Å². The minimum atomic E-state index is -0.184. The Morgan fingerprint density at radius 1 is 1.09 bits per heavy atom. The van der Waals surface area contributed by atoms with Crippen LogP contribution in [-0.2, 0) is 0 Å². The Kier molecular flexibility index (Phi) is 5.68. The Labute approximate surface area is 137 Å². The number of benzene rings is 1. The number of amides is 1.